The Hall–Kier alpha value is -2.13. The van der Waals surface area contributed by atoms with Crippen molar-refractivity contribution in [1.82, 2.24) is 10.6 Å². The van der Waals surface area contributed by atoms with Crippen molar-refractivity contribution in [3.63, 3.8) is 0 Å². The zero-order valence-electron chi connectivity index (χ0n) is 29.2. The number of hydrogen-bond donors (Lipinski definition) is 4. The molecule has 0 bridgehead atoms. The van der Waals surface area contributed by atoms with Crippen molar-refractivity contribution < 1.29 is 36.1 Å². The summed E-state index contributed by atoms with van der Waals surface area (Å²) in [5.41, 5.74) is 1.41. The van der Waals surface area contributed by atoms with E-state index in [1.165, 1.54) is 0 Å². The largest absolute Gasteiger partial charge is 0.500 e. The highest BCUT2D eigenvalue weighted by Crippen LogP contribution is 2.38. The van der Waals surface area contributed by atoms with Gasteiger partial charge >= 0.3 is 29.7 Å². The Morgan fingerprint density at radius 2 is 0.812 bits per heavy atom. The number of carbonyl (C=O) groups excluding carboxylic acids is 2. The number of amides is 4. The third-order valence-electron chi connectivity index (χ3n) is 6.53. The Kier molecular flexibility index (Phi) is 21.1. The third-order valence-corrected chi connectivity index (χ3v) is 15.3. The summed E-state index contributed by atoms with van der Waals surface area (Å²) in [6.45, 7) is 15.7. The molecule has 2 aromatic carbocycles. The molecule has 0 saturated heterocycles. The van der Waals surface area contributed by atoms with Gasteiger partial charge in [0.05, 0.1) is 0 Å². The summed E-state index contributed by atoms with van der Waals surface area (Å²) in [4.78, 5) is 26.9. The lowest BCUT2D eigenvalue weighted by molar-refractivity contribution is 0.0701. The molecule has 0 aliphatic rings. The van der Waals surface area contributed by atoms with Gasteiger partial charge in [-0.2, -0.15) is 0 Å². The molecule has 2 rings (SSSR count). The molecule has 0 radical (unpaired) electrons. The van der Waals surface area contributed by atoms with Crippen molar-refractivity contribution in [3.05, 3.63) is 48.5 Å². The number of anilines is 2. The van der Waals surface area contributed by atoms with Crippen LogP contribution in [0, 0.1) is 0 Å². The molecule has 4 amide bonds. The van der Waals surface area contributed by atoms with Crippen LogP contribution >= 0.6 is 21.6 Å². The lowest BCUT2D eigenvalue weighted by atomic mass is 10.3. The fourth-order valence-corrected chi connectivity index (χ4v) is 11.8. The second-order valence-electron chi connectivity index (χ2n) is 10.1. The lowest BCUT2D eigenvalue weighted by Gasteiger charge is -2.28. The van der Waals surface area contributed by atoms with E-state index >= 15 is 0 Å². The van der Waals surface area contributed by atoms with Crippen molar-refractivity contribution in [2.24, 2.45) is 0 Å². The number of rotatable bonds is 25. The molecule has 48 heavy (non-hydrogen) atoms. The topological polar surface area (TPSA) is 138 Å². The Morgan fingerprint density at radius 1 is 0.521 bits per heavy atom. The average Bonchev–Trinajstić information content (AvgIpc) is 3.06. The highest BCUT2D eigenvalue weighted by atomic mass is 33.1. The molecule has 16 heteroatoms. The Balaban J connectivity index is 1.71. The minimum absolute atomic E-state index is 0.267. The first-order valence-corrected chi connectivity index (χ1v) is 22.8. The quantitative estimate of drug-likeness (QED) is 0.0457. The molecule has 0 fully saturated rings. The molecule has 270 valence electrons. The first-order chi connectivity index (χ1) is 23.3. The van der Waals surface area contributed by atoms with Gasteiger partial charge in [0.1, 0.15) is 0 Å². The molecule has 0 unspecified atom stereocenters. The monoisotopic (exact) mass is 742 g/mol. The van der Waals surface area contributed by atoms with E-state index in [1.807, 2.05) is 90.1 Å². The third kappa shape index (κ3) is 16.1. The average molecular weight is 743 g/mol. The fraction of sp³-hybridized carbons (Fsp3) is 0.562. The van der Waals surface area contributed by atoms with Crippen LogP contribution in [0.25, 0.3) is 0 Å². The Morgan fingerprint density at radius 3 is 1.08 bits per heavy atom. The van der Waals surface area contributed by atoms with Gasteiger partial charge in [-0.15, -0.1) is 0 Å². The molecule has 0 aromatic heterocycles. The second kappa shape index (κ2) is 24.1. The zero-order valence-corrected chi connectivity index (χ0v) is 32.8. The summed E-state index contributed by atoms with van der Waals surface area (Å²) >= 11 is 0. The lowest BCUT2D eigenvalue weighted by Crippen LogP contribution is -2.46. The van der Waals surface area contributed by atoms with Gasteiger partial charge < -0.3 is 47.8 Å². The van der Waals surface area contributed by atoms with Crippen LogP contribution in [0.4, 0.5) is 21.0 Å². The maximum Gasteiger partial charge on any atom is 0.500 e. The van der Waals surface area contributed by atoms with E-state index in [2.05, 4.69) is 21.3 Å². The summed E-state index contributed by atoms with van der Waals surface area (Å²) in [6, 6.07) is 16.1. The number of urea groups is 2. The van der Waals surface area contributed by atoms with Crippen molar-refractivity contribution in [2.45, 2.75) is 76.3 Å². The second-order valence-corrected chi connectivity index (χ2v) is 17.9. The number of hydrogen-bond acceptors (Lipinski definition) is 10. The molecule has 0 aliphatic heterocycles. The molecule has 4 N–H and O–H groups in total. The fourth-order valence-electron chi connectivity index (χ4n) is 4.65. The Labute approximate surface area is 296 Å². The van der Waals surface area contributed by atoms with E-state index in [1.54, 1.807) is 21.6 Å². The molecule has 12 nitrogen and oxygen atoms in total. The molecule has 0 saturated carbocycles. The summed E-state index contributed by atoms with van der Waals surface area (Å²) in [5.74, 6) is 0. The van der Waals surface area contributed by atoms with Crippen LogP contribution in [0.15, 0.2) is 58.3 Å². The molecular weight excluding hydrogens is 689 g/mol. The molecule has 0 aliphatic carbocycles. The van der Waals surface area contributed by atoms with Crippen LogP contribution < -0.4 is 21.3 Å². The van der Waals surface area contributed by atoms with Gasteiger partial charge in [-0.3, -0.25) is 0 Å². The summed E-state index contributed by atoms with van der Waals surface area (Å²) in [7, 11) is -2.21. The smallest absolute Gasteiger partial charge is 0.374 e. The van der Waals surface area contributed by atoms with Gasteiger partial charge in [0.2, 0.25) is 0 Å². The van der Waals surface area contributed by atoms with Crippen LogP contribution in [-0.4, -0.2) is 82.4 Å². The van der Waals surface area contributed by atoms with Gasteiger partial charge in [-0.25, -0.2) is 9.59 Å². The van der Waals surface area contributed by atoms with Gasteiger partial charge in [0.25, 0.3) is 0 Å². The summed E-state index contributed by atoms with van der Waals surface area (Å²) in [6.07, 6.45) is 1.39. The van der Waals surface area contributed by atoms with Gasteiger partial charge in [0, 0.05) is 86.0 Å². The predicted octanol–water partition coefficient (Wildman–Crippen LogP) is 7.61. The van der Waals surface area contributed by atoms with Gasteiger partial charge in [0.15, 0.2) is 0 Å². The van der Waals surface area contributed by atoms with E-state index < -0.39 is 17.6 Å². The van der Waals surface area contributed by atoms with Crippen LogP contribution in [-0.2, 0) is 26.6 Å². The van der Waals surface area contributed by atoms with Crippen LogP contribution in [0.3, 0.4) is 0 Å². The van der Waals surface area contributed by atoms with Crippen LogP contribution in [0.1, 0.15) is 54.4 Å². The molecule has 0 atom stereocenters. The minimum Gasteiger partial charge on any atom is -0.374 e. The van der Waals surface area contributed by atoms with E-state index in [0.717, 1.165) is 9.79 Å². The van der Waals surface area contributed by atoms with Crippen molar-refractivity contribution in [3.8, 4) is 0 Å². The molecule has 0 heterocycles. The first-order valence-electron chi connectivity index (χ1n) is 16.7. The zero-order chi connectivity index (χ0) is 35.1. The number of carbonyl (C=O) groups is 2. The van der Waals surface area contributed by atoms with E-state index in [-0.39, 0.29) is 12.1 Å². The number of benzene rings is 2. The van der Waals surface area contributed by atoms with Crippen molar-refractivity contribution >= 4 is 62.6 Å². The minimum atomic E-state index is -2.71. The molecular formula is C32H54N4O8S2Si2. The van der Waals surface area contributed by atoms with E-state index in [9.17, 15) is 9.59 Å². The Bertz CT molecular complexity index is 1060. The molecule has 0 spiro atoms. The van der Waals surface area contributed by atoms with E-state index in [4.69, 9.17) is 26.6 Å². The maximum absolute atomic E-state index is 12.4. The summed E-state index contributed by atoms with van der Waals surface area (Å²) < 4.78 is 35.2. The highest BCUT2D eigenvalue weighted by Gasteiger charge is 2.40. The van der Waals surface area contributed by atoms with Crippen molar-refractivity contribution in [1.29, 1.82) is 0 Å². The molecule has 2 aromatic rings. The van der Waals surface area contributed by atoms with Gasteiger partial charge in [-0.05, 0) is 103 Å². The predicted molar refractivity (Wildman–Crippen MR) is 199 cm³/mol. The maximum atomic E-state index is 12.4. The van der Waals surface area contributed by atoms with E-state index in [0.29, 0.717) is 89.0 Å². The highest BCUT2D eigenvalue weighted by molar-refractivity contribution is 8.76. The normalized spacial score (nSPS) is 11.7. The first kappa shape index (κ1) is 42.0. The standard InChI is InChI=1S/C32H54N4O8S2Si2/c1-7-39-47(40-8-2,41-9-3)25-13-23-33-31(37)35-27-15-19-29(20-16-27)45-46-30-21-17-28(18-22-30)36-32(38)34-24-14-26-48(42-10-4,43-11-5)44-12-6/h15-22H,7-14,23-26H2,1-6H3,(H2,33,35,37)(H2,34,36,38). The van der Waals surface area contributed by atoms with Crippen molar-refractivity contribution in [2.75, 3.05) is 63.4 Å². The van der Waals surface area contributed by atoms with Crippen LogP contribution in [0.2, 0.25) is 12.1 Å². The SMILES string of the molecule is CCO[Si](CCCNC(=O)Nc1ccc(SSc2ccc(NC(=O)NCCC[Si](OCC)(OCC)OCC)cc2)cc1)(OCC)OCC. The number of nitrogens with one attached hydrogen (secondary N) is 4. The van der Waals surface area contributed by atoms with Gasteiger partial charge in [-0.1, -0.05) is 21.6 Å². The summed E-state index contributed by atoms with van der Waals surface area (Å²) in [5, 5.41) is 11.5. The van der Waals surface area contributed by atoms with Crippen LogP contribution in [0.5, 0.6) is 0 Å².